The predicted octanol–water partition coefficient (Wildman–Crippen LogP) is 2.81. The lowest BCUT2D eigenvalue weighted by molar-refractivity contribution is -0.00805. The van der Waals surface area contributed by atoms with E-state index in [4.69, 9.17) is 4.74 Å². The van der Waals surface area contributed by atoms with Crippen LogP contribution in [-0.4, -0.2) is 71.3 Å². The molecule has 0 saturated carbocycles. The molecule has 8 nitrogen and oxygen atoms in total. The predicted molar refractivity (Wildman–Crippen MR) is 135 cm³/mol. The van der Waals surface area contributed by atoms with Crippen LogP contribution in [0.15, 0.2) is 41.7 Å². The van der Waals surface area contributed by atoms with Gasteiger partial charge in [-0.25, -0.2) is 0 Å². The van der Waals surface area contributed by atoms with E-state index in [1.807, 2.05) is 48.6 Å². The van der Waals surface area contributed by atoms with Gasteiger partial charge in [0.2, 0.25) is 0 Å². The Morgan fingerprint density at radius 3 is 2.56 bits per heavy atom. The standard InChI is InChI=1S/C23H32N6O2.HI/c1-24-23(29-12-13-31-21(17-29)20-15-26-27(2)16-20)25-14-18-6-8-19(9-7-18)22(30)28-10-4-3-5-11-28;/h6-9,15-16,21H,3-5,10-14,17H2,1-2H3,(H,24,25);1H. The van der Waals surface area contributed by atoms with Gasteiger partial charge in [-0.1, -0.05) is 12.1 Å². The molecule has 174 valence electrons. The Balaban J connectivity index is 0.00000289. The molecule has 0 bridgehead atoms. The van der Waals surface area contributed by atoms with E-state index in [1.54, 1.807) is 11.7 Å². The summed E-state index contributed by atoms with van der Waals surface area (Å²) in [7, 11) is 3.72. The number of likely N-dealkylation sites (tertiary alicyclic amines) is 1. The number of carbonyl (C=O) groups excluding carboxylic acids is 1. The van der Waals surface area contributed by atoms with Crippen molar-refractivity contribution in [2.45, 2.75) is 31.9 Å². The molecule has 1 aromatic carbocycles. The first kappa shape index (κ1) is 24.5. The topological polar surface area (TPSA) is 75.0 Å². The minimum atomic E-state index is -0.0129. The number of aromatic nitrogens is 2. The normalized spacial score (nSPS) is 19.4. The maximum atomic E-state index is 12.6. The van der Waals surface area contributed by atoms with E-state index in [0.717, 1.165) is 61.7 Å². The molecule has 1 N–H and O–H groups in total. The molecule has 1 atom stereocenters. The largest absolute Gasteiger partial charge is 0.370 e. The maximum Gasteiger partial charge on any atom is 0.253 e. The SMILES string of the molecule is CN=C(NCc1ccc(C(=O)N2CCCCC2)cc1)N1CCOC(c2cnn(C)c2)C1.I. The summed E-state index contributed by atoms with van der Waals surface area (Å²) in [6, 6.07) is 7.91. The van der Waals surface area contributed by atoms with Crippen LogP contribution in [0.1, 0.15) is 46.9 Å². The number of nitrogens with zero attached hydrogens (tertiary/aromatic N) is 5. The Labute approximate surface area is 207 Å². The minimum absolute atomic E-state index is 0. The highest BCUT2D eigenvalue weighted by Gasteiger charge is 2.25. The van der Waals surface area contributed by atoms with Gasteiger partial charge in [0.1, 0.15) is 6.10 Å². The van der Waals surface area contributed by atoms with Crippen molar-refractivity contribution in [2.24, 2.45) is 12.0 Å². The van der Waals surface area contributed by atoms with Crippen molar-refractivity contribution in [3.8, 4) is 0 Å². The van der Waals surface area contributed by atoms with Crippen LogP contribution < -0.4 is 5.32 Å². The molecule has 4 rings (SSSR count). The summed E-state index contributed by atoms with van der Waals surface area (Å²) in [5.74, 6) is 0.996. The van der Waals surface area contributed by atoms with Crippen molar-refractivity contribution in [2.75, 3.05) is 39.8 Å². The van der Waals surface area contributed by atoms with Gasteiger partial charge in [0.15, 0.2) is 5.96 Å². The molecular weight excluding hydrogens is 519 g/mol. The molecule has 2 aliphatic heterocycles. The number of hydrogen-bond donors (Lipinski definition) is 1. The fraction of sp³-hybridized carbons (Fsp3) is 0.522. The van der Waals surface area contributed by atoms with Gasteiger partial charge in [0, 0.05) is 57.6 Å². The molecule has 1 aromatic heterocycles. The number of ether oxygens (including phenoxy) is 1. The quantitative estimate of drug-likeness (QED) is 0.359. The highest BCUT2D eigenvalue weighted by molar-refractivity contribution is 14.0. The van der Waals surface area contributed by atoms with Gasteiger partial charge in [-0.3, -0.25) is 14.5 Å². The van der Waals surface area contributed by atoms with E-state index in [9.17, 15) is 4.79 Å². The molecule has 0 spiro atoms. The molecular formula is C23H33IN6O2. The summed E-state index contributed by atoms with van der Waals surface area (Å²) in [6.45, 7) is 4.57. The van der Waals surface area contributed by atoms with Crippen LogP contribution >= 0.6 is 24.0 Å². The number of benzene rings is 1. The lowest BCUT2D eigenvalue weighted by Gasteiger charge is -2.34. The van der Waals surface area contributed by atoms with E-state index in [0.29, 0.717) is 13.2 Å². The number of carbonyl (C=O) groups is 1. The molecule has 2 aromatic rings. The Morgan fingerprint density at radius 2 is 1.91 bits per heavy atom. The van der Waals surface area contributed by atoms with Gasteiger partial charge < -0.3 is 19.9 Å². The molecule has 1 amide bonds. The van der Waals surface area contributed by atoms with E-state index in [2.05, 4.69) is 20.3 Å². The van der Waals surface area contributed by atoms with Crippen LogP contribution in [0, 0.1) is 0 Å². The second-order valence-corrected chi connectivity index (χ2v) is 8.20. The number of guanidine groups is 1. The summed E-state index contributed by atoms with van der Waals surface area (Å²) < 4.78 is 7.73. The zero-order valence-corrected chi connectivity index (χ0v) is 21.2. The van der Waals surface area contributed by atoms with Crippen molar-refractivity contribution in [3.63, 3.8) is 0 Å². The van der Waals surface area contributed by atoms with Gasteiger partial charge in [-0.15, -0.1) is 24.0 Å². The van der Waals surface area contributed by atoms with E-state index >= 15 is 0 Å². The first-order chi connectivity index (χ1) is 15.1. The molecule has 2 fully saturated rings. The van der Waals surface area contributed by atoms with E-state index in [-0.39, 0.29) is 36.0 Å². The molecule has 32 heavy (non-hydrogen) atoms. The number of nitrogens with one attached hydrogen (secondary N) is 1. The number of aliphatic imine (C=N–C) groups is 1. The van der Waals surface area contributed by atoms with Gasteiger partial charge in [0.25, 0.3) is 5.91 Å². The highest BCUT2D eigenvalue weighted by atomic mass is 127. The third-order valence-electron chi connectivity index (χ3n) is 5.97. The summed E-state index contributed by atoms with van der Waals surface area (Å²) in [5, 5.41) is 7.70. The molecule has 0 aliphatic carbocycles. The average Bonchev–Trinajstić information content (AvgIpc) is 3.26. The molecule has 2 aliphatic rings. The molecule has 9 heteroatoms. The fourth-order valence-corrected chi connectivity index (χ4v) is 4.21. The number of amides is 1. The molecule has 2 saturated heterocycles. The third-order valence-corrected chi connectivity index (χ3v) is 5.97. The second kappa shape index (κ2) is 11.6. The lowest BCUT2D eigenvalue weighted by atomic mass is 10.1. The Kier molecular flexibility index (Phi) is 8.92. The van der Waals surface area contributed by atoms with Crippen LogP contribution in [0.25, 0.3) is 0 Å². The van der Waals surface area contributed by atoms with Crippen molar-refractivity contribution < 1.29 is 9.53 Å². The van der Waals surface area contributed by atoms with Crippen LogP contribution in [0.5, 0.6) is 0 Å². The minimum Gasteiger partial charge on any atom is -0.370 e. The van der Waals surface area contributed by atoms with Crippen LogP contribution in [0.3, 0.4) is 0 Å². The van der Waals surface area contributed by atoms with Gasteiger partial charge >= 0.3 is 0 Å². The highest BCUT2D eigenvalue weighted by Crippen LogP contribution is 2.21. The first-order valence-corrected chi connectivity index (χ1v) is 11.1. The Morgan fingerprint density at radius 1 is 1.16 bits per heavy atom. The van der Waals surface area contributed by atoms with E-state index in [1.165, 1.54) is 6.42 Å². The van der Waals surface area contributed by atoms with Crippen molar-refractivity contribution in [3.05, 3.63) is 53.3 Å². The van der Waals surface area contributed by atoms with Gasteiger partial charge in [0.05, 0.1) is 19.3 Å². The average molecular weight is 552 g/mol. The number of morpholine rings is 1. The van der Waals surface area contributed by atoms with Crippen LogP contribution in [0.2, 0.25) is 0 Å². The first-order valence-electron chi connectivity index (χ1n) is 11.1. The summed E-state index contributed by atoms with van der Waals surface area (Å²) in [6.07, 6.45) is 7.28. The number of aryl methyl sites for hydroxylation is 1. The van der Waals surface area contributed by atoms with E-state index < -0.39 is 0 Å². The number of piperidine rings is 1. The van der Waals surface area contributed by atoms with Gasteiger partial charge in [-0.05, 0) is 37.0 Å². The fourth-order valence-electron chi connectivity index (χ4n) is 4.21. The molecule has 3 heterocycles. The van der Waals surface area contributed by atoms with Crippen LogP contribution in [0.4, 0.5) is 0 Å². The number of halogens is 1. The summed E-state index contributed by atoms with van der Waals surface area (Å²) in [5.41, 5.74) is 2.97. The number of hydrogen-bond acceptors (Lipinski definition) is 4. The second-order valence-electron chi connectivity index (χ2n) is 8.20. The van der Waals surface area contributed by atoms with Crippen molar-refractivity contribution in [1.29, 1.82) is 0 Å². The smallest absolute Gasteiger partial charge is 0.253 e. The maximum absolute atomic E-state index is 12.6. The Hall–Kier alpha value is -2.14. The van der Waals surface area contributed by atoms with Crippen molar-refractivity contribution >= 4 is 35.8 Å². The molecule has 0 radical (unpaired) electrons. The van der Waals surface area contributed by atoms with Crippen molar-refractivity contribution in [1.82, 2.24) is 24.9 Å². The molecule has 1 unspecified atom stereocenters. The van der Waals surface area contributed by atoms with Crippen LogP contribution in [-0.2, 0) is 18.3 Å². The number of rotatable bonds is 4. The van der Waals surface area contributed by atoms with Gasteiger partial charge in [-0.2, -0.15) is 5.10 Å². The summed E-state index contributed by atoms with van der Waals surface area (Å²) >= 11 is 0. The third kappa shape index (κ3) is 6.00. The zero-order valence-electron chi connectivity index (χ0n) is 18.9. The zero-order chi connectivity index (χ0) is 21.6. The monoisotopic (exact) mass is 552 g/mol. The Bertz CT molecular complexity index is 907. The summed E-state index contributed by atoms with van der Waals surface area (Å²) in [4.78, 5) is 21.3. The lowest BCUT2D eigenvalue weighted by Crippen LogP contribution is -2.47.